The van der Waals surface area contributed by atoms with Crippen molar-refractivity contribution in [3.8, 4) is 11.5 Å². The van der Waals surface area contributed by atoms with Crippen LogP contribution in [-0.2, 0) is 9.59 Å². The van der Waals surface area contributed by atoms with Crippen LogP contribution >= 0.6 is 0 Å². The summed E-state index contributed by atoms with van der Waals surface area (Å²) in [5.74, 6) is -3.03. The number of hydrogen-bond acceptors (Lipinski definition) is 8. The third-order valence-corrected chi connectivity index (χ3v) is 1.95. The average molecular weight is 284 g/mol. The Morgan fingerprint density at radius 2 is 1.55 bits per heavy atom. The quantitative estimate of drug-likeness (QED) is 0.349. The third kappa shape index (κ3) is 3.25. The molecule has 0 saturated heterocycles. The van der Waals surface area contributed by atoms with Gasteiger partial charge in [0.05, 0.1) is 9.85 Å². The van der Waals surface area contributed by atoms with E-state index >= 15 is 0 Å². The molecule has 0 fully saturated rings. The van der Waals surface area contributed by atoms with Gasteiger partial charge in [-0.2, -0.15) is 0 Å². The SMILES string of the molecule is CC(=O)Oc1ccc([N+](=O)[O-])c([N+](=O)[O-])c1OC(C)=O. The minimum absolute atomic E-state index is 0.454. The van der Waals surface area contributed by atoms with Gasteiger partial charge >= 0.3 is 23.3 Å². The van der Waals surface area contributed by atoms with Crippen LogP contribution in [0.5, 0.6) is 11.5 Å². The van der Waals surface area contributed by atoms with Crippen LogP contribution < -0.4 is 9.47 Å². The second kappa shape index (κ2) is 5.73. The predicted octanol–water partition coefficient (Wildman–Crippen LogP) is 1.35. The summed E-state index contributed by atoms with van der Waals surface area (Å²) in [6.45, 7) is 1.96. The van der Waals surface area contributed by atoms with Crippen LogP contribution in [0.1, 0.15) is 13.8 Å². The summed E-state index contributed by atoms with van der Waals surface area (Å²) >= 11 is 0. The van der Waals surface area contributed by atoms with Crippen molar-refractivity contribution < 1.29 is 28.9 Å². The largest absolute Gasteiger partial charge is 0.422 e. The van der Waals surface area contributed by atoms with Gasteiger partial charge in [-0.1, -0.05) is 0 Å². The molecule has 0 aliphatic carbocycles. The van der Waals surface area contributed by atoms with Crippen molar-refractivity contribution in [2.45, 2.75) is 13.8 Å². The van der Waals surface area contributed by atoms with Gasteiger partial charge in [0, 0.05) is 19.9 Å². The highest BCUT2D eigenvalue weighted by Crippen LogP contribution is 2.43. The fraction of sp³-hybridized carbons (Fsp3) is 0.200. The molecule has 0 aliphatic heterocycles. The molecule has 0 bridgehead atoms. The lowest BCUT2D eigenvalue weighted by atomic mass is 10.2. The molecule has 0 amide bonds. The lowest BCUT2D eigenvalue weighted by Gasteiger charge is -2.08. The second-order valence-electron chi connectivity index (χ2n) is 3.46. The summed E-state index contributed by atoms with van der Waals surface area (Å²) in [5.41, 5.74) is -1.95. The first-order valence-corrected chi connectivity index (χ1v) is 5.06. The molecule has 0 spiro atoms. The third-order valence-electron chi connectivity index (χ3n) is 1.95. The number of nitrogens with zero attached hydrogens (tertiary/aromatic N) is 2. The number of carbonyl (C=O) groups excluding carboxylic acids is 2. The Morgan fingerprint density at radius 1 is 1.00 bits per heavy atom. The van der Waals surface area contributed by atoms with Gasteiger partial charge in [0.25, 0.3) is 5.75 Å². The predicted molar refractivity (Wildman–Crippen MR) is 62.4 cm³/mol. The summed E-state index contributed by atoms with van der Waals surface area (Å²) in [6, 6.07) is 1.72. The molecule has 0 aliphatic rings. The molecular weight excluding hydrogens is 276 g/mol. The van der Waals surface area contributed by atoms with Crippen molar-refractivity contribution >= 4 is 23.3 Å². The molecule has 0 aromatic heterocycles. The van der Waals surface area contributed by atoms with Gasteiger partial charge in [-0.3, -0.25) is 29.8 Å². The monoisotopic (exact) mass is 284 g/mol. The number of carbonyl (C=O) groups is 2. The second-order valence-corrected chi connectivity index (χ2v) is 3.46. The molecule has 1 aromatic rings. The Labute approximate surface area is 111 Å². The van der Waals surface area contributed by atoms with Gasteiger partial charge in [-0.25, -0.2) is 0 Å². The smallest absolute Gasteiger partial charge is 0.392 e. The maximum atomic E-state index is 11.0. The molecule has 20 heavy (non-hydrogen) atoms. The van der Waals surface area contributed by atoms with Crippen LogP contribution in [0.3, 0.4) is 0 Å². The van der Waals surface area contributed by atoms with E-state index in [1.807, 2.05) is 0 Å². The average Bonchev–Trinajstić information content (AvgIpc) is 2.28. The lowest BCUT2D eigenvalue weighted by Crippen LogP contribution is -2.10. The van der Waals surface area contributed by atoms with Crippen molar-refractivity contribution in [1.29, 1.82) is 0 Å². The van der Waals surface area contributed by atoms with Gasteiger partial charge in [0.15, 0.2) is 5.75 Å². The maximum absolute atomic E-state index is 11.0. The summed E-state index contributed by atoms with van der Waals surface area (Å²) < 4.78 is 9.20. The number of esters is 2. The number of hydrogen-bond donors (Lipinski definition) is 0. The maximum Gasteiger partial charge on any atom is 0.392 e. The van der Waals surface area contributed by atoms with Crippen LogP contribution in [-0.4, -0.2) is 21.8 Å². The molecule has 1 aromatic carbocycles. The minimum atomic E-state index is -1.09. The molecule has 10 heteroatoms. The fourth-order valence-corrected chi connectivity index (χ4v) is 1.34. The van der Waals surface area contributed by atoms with E-state index in [0.717, 1.165) is 26.0 Å². The van der Waals surface area contributed by atoms with E-state index in [9.17, 15) is 29.8 Å². The van der Waals surface area contributed by atoms with E-state index in [1.165, 1.54) is 0 Å². The zero-order valence-corrected chi connectivity index (χ0v) is 10.3. The van der Waals surface area contributed by atoms with Crippen molar-refractivity contribution in [3.63, 3.8) is 0 Å². The first-order valence-electron chi connectivity index (χ1n) is 5.06. The highest BCUT2D eigenvalue weighted by atomic mass is 16.6. The molecule has 0 N–H and O–H groups in total. The van der Waals surface area contributed by atoms with Crippen molar-refractivity contribution in [1.82, 2.24) is 0 Å². The standard InChI is InChI=1S/C10H8N2O8/c1-5(13)19-8-4-3-7(11(15)16)9(12(17)18)10(8)20-6(2)14/h3-4H,1-2H3. The number of nitro benzene ring substituents is 2. The van der Waals surface area contributed by atoms with Crippen LogP contribution in [0.15, 0.2) is 12.1 Å². The summed E-state index contributed by atoms with van der Waals surface area (Å²) in [5, 5.41) is 21.7. The van der Waals surface area contributed by atoms with E-state index in [0.29, 0.717) is 0 Å². The zero-order valence-electron chi connectivity index (χ0n) is 10.3. The van der Waals surface area contributed by atoms with Crippen LogP contribution in [0.2, 0.25) is 0 Å². The fourth-order valence-electron chi connectivity index (χ4n) is 1.34. The topological polar surface area (TPSA) is 139 Å². The highest BCUT2D eigenvalue weighted by molar-refractivity contribution is 5.79. The van der Waals surface area contributed by atoms with Crippen LogP contribution in [0, 0.1) is 20.2 Å². The Kier molecular flexibility index (Phi) is 4.31. The van der Waals surface area contributed by atoms with Crippen molar-refractivity contribution in [2.24, 2.45) is 0 Å². The Bertz CT molecular complexity index is 610. The summed E-state index contributed by atoms with van der Waals surface area (Å²) in [4.78, 5) is 41.4. The number of rotatable bonds is 4. The number of benzene rings is 1. The molecule has 1 rings (SSSR count). The van der Waals surface area contributed by atoms with E-state index in [1.54, 1.807) is 0 Å². The molecule has 0 unspecified atom stereocenters. The van der Waals surface area contributed by atoms with Crippen LogP contribution in [0.4, 0.5) is 11.4 Å². The van der Waals surface area contributed by atoms with Crippen molar-refractivity contribution in [2.75, 3.05) is 0 Å². The molecule has 0 saturated carbocycles. The highest BCUT2D eigenvalue weighted by Gasteiger charge is 2.34. The first kappa shape index (κ1) is 15.0. The summed E-state index contributed by atoms with van der Waals surface area (Å²) in [6.07, 6.45) is 0. The Hall–Kier alpha value is -3.04. The normalized spacial score (nSPS) is 9.70. The first-order chi connectivity index (χ1) is 9.23. The molecular formula is C10H8N2O8. The van der Waals surface area contributed by atoms with Crippen LogP contribution in [0.25, 0.3) is 0 Å². The van der Waals surface area contributed by atoms with Gasteiger partial charge in [-0.15, -0.1) is 0 Å². The minimum Gasteiger partial charge on any atom is -0.422 e. The molecule has 0 heterocycles. The van der Waals surface area contributed by atoms with Gasteiger partial charge < -0.3 is 9.47 Å². The summed E-state index contributed by atoms with van der Waals surface area (Å²) in [7, 11) is 0. The molecule has 10 nitrogen and oxygen atoms in total. The van der Waals surface area contributed by atoms with Gasteiger partial charge in [-0.05, 0) is 6.07 Å². The van der Waals surface area contributed by atoms with E-state index in [2.05, 4.69) is 9.47 Å². The Morgan fingerprint density at radius 3 is 1.95 bits per heavy atom. The van der Waals surface area contributed by atoms with E-state index in [-0.39, 0.29) is 0 Å². The number of nitro groups is 2. The zero-order chi connectivity index (χ0) is 15.4. The van der Waals surface area contributed by atoms with E-state index < -0.39 is 44.7 Å². The Balaban J connectivity index is 3.60. The van der Waals surface area contributed by atoms with E-state index in [4.69, 9.17) is 0 Å². The molecule has 0 radical (unpaired) electrons. The molecule has 106 valence electrons. The number of ether oxygens (including phenoxy) is 2. The lowest BCUT2D eigenvalue weighted by molar-refractivity contribution is -0.423. The molecule has 0 atom stereocenters. The van der Waals surface area contributed by atoms with Gasteiger partial charge in [0.2, 0.25) is 0 Å². The van der Waals surface area contributed by atoms with Crippen molar-refractivity contribution in [3.05, 3.63) is 32.4 Å². The van der Waals surface area contributed by atoms with Gasteiger partial charge in [0.1, 0.15) is 0 Å².